The molecule has 1 aromatic carbocycles. The normalized spacial score (nSPS) is 22.1. The second kappa shape index (κ2) is 12.0. The number of urea groups is 1. The highest BCUT2D eigenvalue weighted by atomic mass is 16.7. The highest BCUT2D eigenvalue weighted by Crippen LogP contribution is 2.59. The maximum Gasteiger partial charge on any atom is 0.411 e. The highest BCUT2D eigenvalue weighted by Gasteiger charge is 2.64. The molecule has 1 saturated carbocycles. The SMILES string of the molecule is CC(C)(C)OC(=O)N1CC(N(CC(=O)NNC(=O)[C@@H]2CC3(CC3)[C@@H]3CN2C(=O)N3OCc2ccccc2)C(=O)OC(C)(C)C)C1. The Morgan fingerprint density at radius 2 is 1.58 bits per heavy atom. The molecule has 14 nitrogen and oxygen atoms in total. The zero-order chi connectivity index (χ0) is 32.7. The molecule has 4 aliphatic rings. The van der Waals surface area contributed by atoms with E-state index in [4.69, 9.17) is 14.3 Å². The molecule has 5 rings (SSSR count). The fourth-order valence-electron chi connectivity index (χ4n) is 5.93. The molecular formula is C31H44N6O8. The van der Waals surface area contributed by atoms with Crippen molar-refractivity contribution < 1.29 is 38.3 Å². The van der Waals surface area contributed by atoms with Gasteiger partial charge < -0.3 is 19.3 Å². The number of hydrogen-bond acceptors (Lipinski definition) is 8. The summed E-state index contributed by atoms with van der Waals surface area (Å²) in [6, 6.07) is 7.78. The maximum absolute atomic E-state index is 13.3. The fourth-order valence-corrected chi connectivity index (χ4v) is 5.93. The number of carbonyl (C=O) groups excluding carboxylic acids is 5. The molecule has 3 aliphatic heterocycles. The van der Waals surface area contributed by atoms with Crippen LogP contribution < -0.4 is 10.9 Å². The van der Waals surface area contributed by atoms with Crippen molar-refractivity contribution in [1.82, 2.24) is 30.6 Å². The fraction of sp³-hybridized carbons (Fsp3) is 0.645. The van der Waals surface area contributed by atoms with E-state index in [9.17, 15) is 24.0 Å². The number of likely N-dealkylation sites (tertiary alicyclic amines) is 1. The lowest BCUT2D eigenvalue weighted by molar-refractivity contribution is -0.153. The number of hydroxylamine groups is 2. The number of benzene rings is 1. The Balaban J connectivity index is 1.17. The van der Waals surface area contributed by atoms with Crippen LogP contribution in [-0.2, 0) is 30.5 Å². The van der Waals surface area contributed by atoms with Crippen LogP contribution in [0.15, 0.2) is 30.3 Å². The van der Waals surface area contributed by atoms with Crippen LogP contribution in [0.25, 0.3) is 0 Å². The lowest BCUT2D eigenvalue weighted by Gasteiger charge is -2.45. The van der Waals surface area contributed by atoms with Gasteiger partial charge in [0.05, 0.1) is 12.1 Å². The van der Waals surface area contributed by atoms with E-state index >= 15 is 0 Å². The molecule has 45 heavy (non-hydrogen) atoms. The molecule has 4 fully saturated rings. The zero-order valence-corrected chi connectivity index (χ0v) is 26.8. The van der Waals surface area contributed by atoms with E-state index in [0.717, 1.165) is 18.4 Å². The van der Waals surface area contributed by atoms with Gasteiger partial charge in [0, 0.05) is 19.6 Å². The zero-order valence-electron chi connectivity index (χ0n) is 26.8. The second-order valence-corrected chi connectivity index (χ2v) is 14.3. The van der Waals surface area contributed by atoms with Crippen LogP contribution in [-0.4, -0.2) is 105 Å². The molecule has 2 N–H and O–H groups in total. The van der Waals surface area contributed by atoms with E-state index in [-0.39, 0.29) is 37.2 Å². The number of nitrogens with one attached hydrogen (secondary N) is 2. The van der Waals surface area contributed by atoms with Crippen LogP contribution in [0.3, 0.4) is 0 Å². The van der Waals surface area contributed by atoms with Crippen LogP contribution in [0.2, 0.25) is 0 Å². The summed E-state index contributed by atoms with van der Waals surface area (Å²) in [4.78, 5) is 75.3. The van der Waals surface area contributed by atoms with Crippen molar-refractivity contribution in [2.24, 2.45) is 5.41 Å². The molecule has 1 aliphatic carbocycles. The van der Waals surface area contributed by atoms with Crippen LogP contribution in [0.4, 0.5) is 14.4 Å². The van der Waals surface area contributed by atoms with Gasteiger partial charge in [0.1, 0.15) is 30.4 Å². The van der Waals surface area contributed by atoms with E-state index in [1.165, 1.54) is 19.8 Å². The second-order valence-electron chi connectivity index (χ2n) is 14.3. The molecule has 3 saturated heterocycles. The van der Waals surface area contributed by atoms with Crippen LogP contribution in [0.1, 0.15) is 66.4 Å². The van der Waals surface area contributed by atoms with Gasteiger partial charge in [-0.1, -0.05) is 30.3 Å². The molecule has 0 unspecified atom stereocenters. The molecule has 6 amide bonds. The van der Waals surface area contributed by atoms with Gasteiger partial charge in [-0.25, -0.2) is 14.4 Å². The third-order valence-electron chi connectivity index (χ3n) is 8.40. The van der Waals surface area contributed by atoms with Gasteiger partial charge in [-0.2, -0.15) is 5.06 Å². The summed E-state index contributed by atoms with van der Waals surface area (Å²) in [6.45, 7) is 11.0. The van der Waals surface area contributed by atoms with Crippen molar-refractivity contribution >= 4 is 30.0 Å². The van der Waals surface area contributed by atoms with Crippen LogP contribution >= 0.6 is 0 Å². The Bertz CT molecular complexity index is 1320. The van der Waals surface area contributed by atoms with E-state index in [2.05, 4.69) is 10.9 Å². The summed E-state index contributed by atoms with van der Waals surface area (Å²) in [5, 5.41) is 1.42. The van der Waals surface area contributed by atoms with E-state index in [0.29, 0.717) is 13.0 Å². The number of hydrogen-bond donors (Lipinski definition) is 2. The Hall–Kier alpha value is -4.07. The standard InChI is InChI=1S/C31H44N6O8/c1-29(2,3)44-27(41)34-15-21(16-34)35(28(42)45-30(4,5)6)18-24(38)32-33-25(39)22-14-31(12-13-31)23-17-36(22)26(40)37(23)43-19-20-10-8-7-9-11-20/h7-11,21-23H,12-19H2,1-6H3,(H,32,38)(H,33,39)/t22-,23-/m0/s1. The number of hydrazine groups is 1. The van der Waals surface area contributed by atoms with Gasteiger partial charge in [0.2, 0.25) is 0 Å². The van der Waals surface area contributed by atoms with E-state index < -0.39 is 53.8 Å². The number of piperidine rings is 1. The average molecular weight is 629 g/mol. The molecule has 0 aromatic heterocycles. The van der Waals surface area contributed by atoms with Crippen molar-refractivity contribution in [3.05, 3.63) is 35.9 Å². The van der Waals surface area contributed by atoms with Crippen LogP contribution in [0.5, 0.6) is 0 Å². The molecule has 0 radical (unpaired) electrons. The molecule has 2 atom stereocenters. The Labute approximate surface area is 263 Å². The topological polar surface area (TPSA) is 150 Å². The number of nitrogens with zero attached hydrogens (tertiary/aromatic N) is 4. The van der Waals surface area contributed by atoms with Crippen molar-refractivity contribution in [3.8, 4) is 0 Å². The predicted molar refractivity (Wildman–Crippen MR) is 160 cm³/mol. The molecule has 2 bridgehead atoms. The first-order valence-corrected chi connectivity index (χ1v) is 15.4. The van der Waals surface area contributed by atoms with Crippen LogP contribution in [0, 0.1) is 5.41 Å². The molecule has 1 aromatic rings. The minimum Gasteiger partial charge on any atom is -0.444 e. The highest BCUT2D eigenvalue weighted by molar-refractivity contribution is 5.91. The third-order valence-corrected chi connectivity index (χ3v) is 8.40. The summed E-state index contributed by atoms with van der Waals surface area (Å²) in [7, 11) is 0. The number of amides is 6. The number of carbonyl (C=O) groups is 5. The summed E-state index contributed by atoms with van der Waals surface area (Å²) in [5.41, 5.74) is 4.10. The van der Waals surface area contributed by atoms with Gasteiger partial charge in [0.25, 0.3) is 11.8 Å². The average Bonchev–Trinajstić information content (AvgIpc) is 3.62. The van der Waals surface area contributed by atoms with Gasteiger partial charge >= 0.3 is 18.2 Å². The van der Waals surface area contributed by atoms with E-state index in [1.807, 2.05) is 30.3 Å². The molecule has 3 heterocycles. The molecule has 14 heteroatoms. The third kappa shape index (κ3) is 7.43. The van der Waals surface area contributed by atoms with Crippen molar-refractivity contribution in [2.75, 3.05) is 26.2 Å². The monoisotopic (exact) mass is 628 g/mol. The van der Waals surface area contributed by atoms with E-state index in [1.54, 1.807) is 41.5 Å². The minimum atomic E-state index is -0.812. The molecule has 1 spiro atoms. The van der Waals surface area contributed by atoms with Gasteiger partial charge in [-0.3, -0.25) is 30.2 Å². The Morgan fingerprint density at radius 1 is 0.933 bits per heavy atom. The quantitative estimate of drug-likeness (QED) is 0.438. The lowest BCUT2D eigenvalue weighted by Crippen LogP contribution is -2.65. The van der Waals surface area contributed by atoms with Crippen molar-refractivity contribution in [2.45, 2.75) is 96.7 Å². The first-order chi connectivity index (χ1) is 21.1. The van der Waals surface area contributed by atoms with Gasteiger partial charge in [0.15, 0.2) is 0 Å². The van der Waals surface area contributed by atoms with Crippen molar-refractivity contribution in [3.63, 3.8) is 0 Å². The van der Waals surface area contributed by atoms with Gasteiger partial charge in [-0.05, 0) is 71.8 Å². The summed E-state index contributed by atoms with van der Waals surface area (Å²) >= 11 is 0. The number of ether oxygens (including phenoxy) is 2. The first kappa shape index (κ1) is 32.3. The van der Waals surface area contributed by atoms with Gasteiger partial charge in [-0.15, -0.1) is 0 Å². The Morgan fingerprint density at radius 3 is 2.18 bits per heavy atom. The van der Waals surface area contributed by atoms with Crippen molar-refractivity contribution in [1.29, 1.82) is 0 Å². The molecule has 246 valence electrons. The summed E-state index contributed by atoms with van der Waals surface area (Å²) in [6.07, 6.45) is 0.996. The smallest absolute Gasteiger partial charge is 0.411 e. The molecular weight excluding hydrogens is 584 g/mol. The predicted octanol–water partition coefficient (Wildman–Crippen LogP) is 2.78. The lowest BCUT2D eigenvalue weighted by atomic mass is 9.85. The summed E-state index contributed by atoms with van der Waals surface area (Å²) in [5.74, 6) is -1.17. The summed E-state index contributed by atoms with van der Waals surface area (Å²) < 4.78 is 10.9. The maximum atomic E-state index is 13.3. The number of rotatable bonds is 7. The largest absolute Gasteiger partial charge is 0.444 e. The number of fused-ring (bicyclic) bond motifs is 3. The Kier molecular flexibility index (Phi) is 8.64. The minimum absolute atomic E-state index is 0.141. The first-order valence-electron chi connectivity index (χ1n) is 15.4.